The van der Waals surface area contributed by atoms with Crippen LogP contribution in [-0.4, -0.2) is 34.4 Å². The van der Waals surface area contributed by atoms with Gasteiger partial charge in [-0.25, -0.2) is 0 Å². The third-order valence-electron chi connectivity index (χ3n) is 4.25. The molecule has 0 radical (unpaired) electrons. The van der Waals surface area contributed by atoms with Gasteiger partial charge in [-0.15, -0.1) is 0 Å². The first-order valence-corrected chi connectivity index (χ1v) is 7.32. The van der Waals surface area contributed by atoms with Gasteiger partial charge in [0.2, 0.25) is 5.91 Å². The predicted molar refractivity (Wildman–Crippen MR) is 82.2 cm³/mol. The van der Waals surface area contributed by atoms with Crippen molar-refractivity contribution in [3.05, 3.63) is 35.9 Å². The maximum absolute atomic E-state index is 13.0. The maximum Gasteiger partial charge on any atom is 0.233 e. The van der Waals surface area contributed by atoms with Crippen molar-refractivity contribution in [3.8, 4) is 0 Å². The second-order valence-electron chi connectivity index (χ2n) is 6.03. The molecular formula is C16H23N3O2. The molecule has 1 unspecified atom stereocenters. The number of carbonyl (C=O) groups is 1. The molecule has 0 saturated carbocycles. The van der Waals surface area contributed by atoms with Crippen LogP contribution in [0.15, 0.2) is 35.5 Å². The average molecular weight is 289 g/mol. The summed E-state index contributed by atoms with van der Waals surface area (Å²) in [4.78, 5) is 14.7. The molecule has 1 aromatic rings. The quantitative estimate of drug-likeness (QED) is 0.387. The normalized spacial score (nSPS) is 20.4. The predicted octanol–water partition coefficient (Wildman–Crippen LogP) is 2.09. The lowest BCUT2D eigenvalue weighted by molar-refractivity contribution is -0.138. The third kappa shape index (κ3) is 3.01. The molecule has 1 fully saturated rings. The molecule has 0 aromatic heterocycles. The van der Waals surface area contributed by atoms with Crippen LogP contribution < -0.4 is 5.73 Å². The summed E-state index contributed by atoms with van der Waals surface area (Å²) in [5.74, 6) is 0.136. The molecule has 21 heavy (non-hydrogen) atoms. The molecule has 1 saturated heterocycles. The van der Waals surface area contributed by atoms with Gasteiger partial charge in [0, 0.05) is 6.54 Å². The average Bonchev–Trinajstić information content (AvgIpc) is 2.54. The molecule has 1 aromatic carbocycles. The summed E-state index contributed by atoms with van der Waals surface area (Å²) in [5.41, 5.74) is 6.10. The molecule has 1 atom stereocenters. The van der Waals surface area contributed by atoms with Crippen molar-refractivity contribution in [1.82, 2.24) is 4.90 Å². The fourth-order valence-corrected chi connectivity index (χ4v) is 2.89. The van der Waals surface area contributed by atoms with Gasteiger partial charge in [-0.05, 0) is 38.7 Å². The highest BCUT2D eigenvalue weighted by Crippen LogP contribution is 2.29. The highest BCUT2D eigenvalue weighted by molar-refractivity contribution is 5.94. The highest BCUT2D eigenvalue weighted by Gasteiger charge is 2.39. The van der Waals surface area contributed by atoms with Crippen molar-refractivity contribution in [2.24, 2.45) is 10.9 Å². The van der Waals surface area contributed by atoms with Crippen LogP contribution in [0.5, 0.6) is 0 Å². The topological polar surface area (TPSA) is 78.9 Å². The molecular weight excluding hydrogens is 266 g/mol. The van der Waals surface area contributed by atoms with Crippen LogP contribution in [0.3, 0.4) is 0 Å². The SMILES string of the molecule is CC(C)(C(=O)N1CCCCC1C(N)=NO)c1ccccc1. The number of hydrogen-bond acceptors (Lipinski definition) is 3. The number of oxime groups is 1. The van der Waals surface area contributed by atoms with Crippen molar-refractivity contribution in [1.29, 1.82) is 0 Å². The smallest absolute Gasteiger partial charge is 0.233 e. The van der Waals surface area contributed by atoms with Crippen LogP contribution in [0, 0.1) is 0 Å². The van der Waals surface area contributed by atoms with E-state index in [0.29, 0.717) is 6.54 Å². The summed E-state index contributed by atoms with van der Waals surface area (Å²) < 4.78 is 0. The lowest BCUT2D eigenvalue weighted by Gasteiger charge is -2.39. The maximum atomic E-state index is 13.0. The lowest BCUT2D eigenvalue weighted by Crippen LogP contribution is -2.55. The number of piperidine rings is 1. The molecule has 1 aliphatic heterocycles. The first kappa shape index (κ1) is 15.4. The van der Waals surface area contributed by atoms with Crippen LogP contribution in [0.4, 0.5) is 0 Å². The Labute approximate surface area is 125 Å². The number of amides is 1. The van der Waals surface area contributed by atoms with Gasteiger partial charge in [0.05, 0.1) is 11.5 Å². The molecule has 3 N–H and O–H groups in total. The molecule has 1 aliphatic rings. The Morgan fingerprint density at radius 2 is 2.00 bits per heavy atom. The number of carbonyl (C=O) groups excluding carboxylic acids is 1. The largest absolute Gasteiger partial charge is 0.409 e. The van der Waals surface area contributed by atoms with Crippen LogP contribution in [0.2, 0.25) is 0 Å². The van der Waals surface area contributed by atoms with Gasteiger partial charge in [0.25, 0.3) is 0 Å². The minimum absolute atomic E-state index is 0.0185. The molecule has 0 bridgehead atoms. The monoisotopic (exact) mass is 289 g/mol. The summed E-state index contributed by atoms with van der Waals surface area (Å²) in [6, 6.07) is 9.41. The van der Waals surface area contributed by atoms with E-state index >= 15 is 0 Å². The summed E-state index contributed by atoms with van der Waals surface area (Å²) in [7, 11) is 0. The number of nitrogens with two attached hydrogens (primary N) is 1. The molecule has 5 nitrogen and oxygen atoms in total. The zero-order valence-corrected chi connectivity index (χ0v) is 12.6. The van der Waals surface area contributed by atoms with Crippen molar-refractivity contribution in [3.63, 3.8) is 0 Å². The summed E-state index contributed by atoms with van der Waals surface area (Å²) in [6.07, 6.45) is 2.68. The van der Waals surface area contributed by atoms with E-state index in [-0.39, 0.29) is 17.8 Å². The van der Waals surface area contributed by atoms with E-state index in [2.05, 4.69) is 5.16 Å². The van der Waals surface area contributed by atoms with E-state index in [9.17, 15) is 4.79 Å². The van der Waals surface area contributed by atoms with Gasteiger partial charge in [0.15, 0.2) is 5.84 Å². The molecule has 114 valence electrons. The minimum Gasteiger partial charge on any atom is -0.409 e. The van der Waals surface area contributed by atoms with E-state index in [4.69, 9.17) is 10.9 Å². The van der Waals surface area contributed by atoms with E-state index in [0.717, 1.165) is 24.8 Å². The van der Waals surface area contributed by atoms with Gasteiger partial charge < -0.3 is 15.8 Å². The van der Waals surface area contributed by atoms with E-state index in [1.165, 1.54) is 0 Å². The van der Waals surface area contributed by atoms with Gasteiger partial charge in [-0.1, -0.05) is 35.5 Å². The first-order valence-electron chi connectivity index (χ1n) is 7.32. The zero-order chi connectivity index (χ0) is 15.5. The minimum atomic E-state index is -0.632. The van der Waals surface area contributed by atoms with Gasteiger partial charge in [-0.2, -0.15) is 0 Å². The third-order valence-corrected chi connectivity index (χ3v) is 4.25. The zero-order valence-electron chi connectivity index (χ0n) is 12.6. The van der Waals surface area contributed by atoms with Crippen LogP contribution in [0.25, 0.3) is 0 Å². The Morgan fingerprint density at radius 3 is 2.62 bits per heavy atom. The number of amidine groups is 1. The lowest BCUT2D eigenvalue weighted by atomic mass is 9.82. The van der Waals surface area contributed by atoms with Gasteiger partial charge in [-0.3, -0.25) is 4.79 Å². The van der Waals surface area contributed by atoms with Crippen LogP contribution in [-0.2, 0) is 10.2 Å². The van der Waals surface area contributed by atoms with Crippen molar-refractivity contribution in [2.75, 3.05) is 6.54 Å². The summed E-state index contributed by atoms with van der Waals surface area (Å²) in [6.45, 7) is 4.49. The molecule has 1 heterocycles. The van der Waals surface area contributed by atoms with Crippen molar-refractivity contribution < 1.29 is 10.0 Å². The highest BCUT2D eigenvalue weighted by atomic mass is 16.4. The molecule has 5 heteroatoms. The number of benzene rings is 1. The first-order chi connectivity index (χ1) is 9.98. The van der Waals surface area contributed by atoms with E-state index in [1.54, 1.807) is 4.90 Å². The number of likely N-dealkylation sites (tertiary alicyclic amines) is 1. The molecule has 1 amide bonds. The number of hydrogen-bond donors (Lipinski definition) is 2. The Bertz CT molecular complexity index is 526. The van der Waals surface area contributed by atoms with Gasteiger partial charge >= 0.3 is 0 Å². The second-order valence-corrected chi connectivity index (χ2v) is 6.03. The molecule has 0 spiro atoms. The fraction of sp³-hybridized carbons (Fsp3) is 0.500. The van der Waals surface area contributed by atoms with E-state index in [1.807, 2.05) is 44.2 Å². The fourth-order valence-electron chi connectivity index (χ4n) is 2.89. The van der Waals surface area contributed by atoms with Crippen LogP contribution in [0.1, 0.15) is 38.7 Å². The second kappa shape index (κ2) is 6.16. The van der Waals surface area contributed by atoms with Gasteiger partial charge in [0.1, 0.15) is 0 Å². The Morgan fingerprint density at radius 1 is 1.33 bits per heavy atom. The Balaban J connectivity index is 2.28. The molecule has 0 aliphatic carbocycles. The Hall–Kier alpha value is -2.04. The van der Waals surface area contributed by atoms with Crippen LogP contribution >= 0.6 is 0 Å². The van der Waals surface area contributed by atoms with E-state index < -0.39 is 5.41 Å². The number of nitrogens with zero attached hydrogens (tertiary/aromatic N) is 2. The molecule has 2 rings (SSSR count). The number of rotatable bonds is 3. The summed E-state index contributed by atoms with van der Waals surface area (Å²) >= 11 is 0. The van der Waals surface area contributed by atoms with Crippen molar-refractivity contribution in [2.45, 2.75) is 44.6 Å². The summed E-state index contributed by atoms with van der Waals surface area (Å²) in [5, 5.41) is 12.0. The standard InChI is InChI=1S/C16H23N3O2/c1-16(2,12-8-4-3-5-9-12)15(20)19-11-7-6-10-13(19)14(17)18-21/h3-5,8-9,13,21H,6-7,10-11H2,1-2H3,(H2,17,18). The Kier molecular flexibility index (Phi) is 4.50. The van der Waals surface area contributed by atoms with Crippen molar-refractivity contribution >= 4 is 11.7 Å².